The van der Waals surface area contributed by atoms with Crippen molar-refractivity contribution in [3.8, 4) is 21.4 Å². The average Bonchev–Trinajstić information content (AvgIpc) is 3.35. The third-order valence-corrected chi connectivity index (χ3v) is 5.34. The Balaban J connectivity index is 1.57. The highest BCUT2D eigenvalue weighted by Crippen LogP contribution is 2.31. The van der Waals surface area contributed by atoms with Crippen molar-refractivity contribution in [2.45, 2.75) is 0 Å². The number of aryl methyl sites for hydroxylation is 1. The predicted octanol–water partition coefficient (Wildman–Crippen LogP) is 4.06. The first-order valence-electron chi connectivity index (χ1n) is 7.58. The zero-order chi connectivity index (χ0) is 18.1. The van der Waals surface area contributed by atoms with E-state index in [1.54, 1.807) is 29.2 Å². The molecule has 3 heterocycles. The molecule has 9 heteroatoms. The van der Waals surface area contributed by atoms with E-state index < -0.39 is 11.7 Å². The van der Waals surface area contributed by atoms with Crippen LogP contribution in [-0.4, -0.2) is 25.7 Å². The quantitative estimate of drug-likeness (QED) is 0.575. The van der Waals surface area contributed by atoms with E-state index in [0.29, 0.717) is 10.0 Å². The lowest BCUT2D eigenvalue weighted by Gasteiger charge is -2.02. The lowest BCUT2D eigenvalue weighted by Crippen LogP contribution is -2.12. The molecule has 0 saturated carbocycles. The lowest BCUT2D eigenvalue weighted by atomic mass is 10.2. The third kappa shape index (κ3) is 3.14. The molecule has 0 aliphatic carbocycles. The van der Waals surface area contributed by atoms with Crippen LogP contribution in [-0.2, 0) is 7.05 Å². The topological polar surface area (TPSA) is 72.7 Å². The normalized spacial score (nSPS) is 10.8. The Morgan fingerprint density at radius 2 is 2.08 bits per heavy atom. The fraction of sp³-hybridized carbons (Fsp3) is 0.0588. The van der Waals surface area contributed by atoms with E-state index in [9.17, 15) is 9.18 Å². The number of hydrogen-bond donors (Lipinski definition) is 1. The molecule has 130 valence electrons. The van der Waals surface area contributed by atoms with E-state index in [4.69, 9.17) is 0 Å². The smallest absolute Gasteiger partial charge is 0.259 e. The molecule has 26 heavy (non-hydrogen) atoms. The van der Waals surface area contributed by atoms with Crippen LogP contribution in [0, 0.1) is 5.82 Å². The Bertz CT molecular complexity index is 1070. The van der Waals surface area contributed by atoms with Gasteiger partial charge in [0, 0.05) is 18.6 Å². The van der Waals surface area contributed by atoms with Crippen molar-refractivity contribution in [2.24, 2.45) is 7.05 Å². The van der Waals surface area contributed by atoms with Crippen LogP contribution in [0.15, 0.2) is 48.1 Å². The number of aromatic nitrogens is 4. The minimum Gasteiger partial charge on any atom is -0.312 e. The van der Waals surface area contributed by atoms with E-state index in [2.05, 4.69) is 20.4 Å². The Labute approximate surface area is 156 Å². The van der Waals surface area contributed by atoms with Crippen LogP contribution >= 0.6 is 22.7 Å². The largest absolute Gasteiger partial charge is 0.312 e. The highest BCUT2D eigenvalue weighted by Gasteiger charge is 2.16. The number of halogens is 1. The molecule has 0 aliphatic heterocycles. The Morgan fingerprint density at radius 1 is 1.23 bits per heavy atom. The third-order valence-electron chi connectivity index (χ3n) is 3.61. The van der Waals surface area contributed by atoms with Gasteiger partial charge in [0.25, 0.3) is 5.91 Å². The van der Waals surface area contributed by atoms with Crippen LogP contribution in [0.2, 0.25) is 0 Å². The number of hydrogen-bond acceptors (Lipinski definition) is 6. The second-order valence-electron chi connectivity index (χ2n) is 5.34. The van der Waals surface area contributed by atoms with Gasteiger partial charge in [-0.05, 0) is 18.2 Å². The van der Waals surface area contributed by atoms with Gasteiger partial charge in [-0.2, -0.15) is 5.10 Å². The first-order chi connectivity index (χ1) is 12.6. The maximum Gasteiger partial charge on any atom is 0.259 e. The predicted molar refractivity (Wildman–Crippen MR) is 99.8 cm³/mol. The first-order valence-corrected chi connectivity index (χ1v) is 9.27. The molecule has 0 radical (unpaired) electrons. The van der Waals surface area contributed by atoms with Crippen LogP contribution in [0.1, 0.15) is 10.4 Å². The molecule has 3 aromatic heterocycles. The van der Waals surface area contributed by atoms with Crippen molar-refractivity contribution < 1.29 is 9.18 Å². The summed E-state index contributed by atoms with van der Waals surface area (Å²) in [6.07, 6.45) is 3.28. The number of rotatable bonds is 4. The molecule has 0 bridgehead atoms. The molecule has 0 spiro atoms. The van der Waals surface area contributed by atoms with Crippen molar-refractivity contribution in [2.75, 3.05) is 5.32 Å². The molecule has 0 aliphatic rings. The van der Waals surface area contributed by atoms with Crippen molar-refractivity contribution in [3.05, 3.63) is 59.5 Å². The van der Waals surface area contributed by atoms with E-state index in [1.165, 1.54) is 34.8 Å². The van der Waals surface area contributed by atoms with Gasteiger partial charge in [0.1, 0.15) is 26.5 Å². The summed E-state index contributed by atoms with van der Waals surface area (Å²) < 4.78 is 15.4. The molecule has 0 saturated heterocycles. The van der Waals surface area contributed by atoms with Crippen molar-refractivity contribution in [1.82, 2.24) is 19.7 Å². The Morgan fingerprint density at radius 3 is 2.85 bits per heavy atom. The SMILES string of the molecule is Cn1nc(-c2nccs2)cc1-c1ncc(NC(=O)c2ccccc2F)s1. The molecule has 1 aromatic carbocycles. The molecule has 4 aromatic rings. The van der Waals surface area contributed by atoms with Gasteiger partial charge in [0.2, 0.25) is 0 Å². The molecular weight excluding hydrogens is 373 g/mol. The molecule has 6 nitrogen and oxygen atoms in total. The Kier molecular flexibility index (Phi) is 4.31. The molecule has 4 rings (SSSR count). The number of carbonyl (C=O) groups excluding carboxylic acids is 1. The first kappa shape index (κ1) is 16.6. The monoisotopic (exact) mass is 385 g/mol. The maximum absolute atomic E-state index is 13.7. The summed E-state index contributed by atoms with van der Waals surface area (Å²) in [5.41, 5.74) is 1.57. The number of amides is 1. The number of benzene rings is 1. The summed E-state index contributed by atoms with van der Waals surface area (Å²) in [6, 6.07) is 7.75. The second kappa shape index (κ2) is 6.77. The van der Waals surface area contributed by atoms with Crippen molar-refractivity contribution in [1.29, 1.82) is 0 Å². The van der Waals surface area contributed by atoms with Gasteiger partial charge in [-0.15, -0.1) is 11.3 Å². The van der Waals surface area contributed by atoms with Gasteiger partial charge in [0.15, 0.2) is 0 Å². The van der Waals surface area contributed by atoms with Crippen LogP contribution in [0.5, 0.6) is 0 Å². The van der Waals surface area contributed by atoms with Gasteiger partial charge in [-0.3, -0.25) is 9.48 Å². The van der Waals surface area contributed by atoms with Gasteiger partial charge in [0.05, 0.1) is 17.5 Å². The van der Waals surface area contributed by atoms with Crippen LogP contribution < -0.4 is 5.32 Å². The van der Waals surface area contributed by atoms with E-state index in [-0.39, 0.29) is 5.56 Å². The van der Waals surface area contributed by atoms with Crippen LogP contribution in [0.25, 0.3) is 21.4 Å². The molecule has 0 fully saturated rings. The Hall–Kier alpha value is -2.91. The fourth-order valence-electron chi connectivity index (χ4n) is 2.40. The van der Waals surface area contributed by atoms with Gasteiger partial charge < -0.3 is 5.32 Å². The van der Waals surface area contributed by atoms with E-state index in [0.717, 1.165) is 16.4 Å². The number of nitrogens with zero attached hydrogens (tertiary/aromatic N) is 4. The average molecular weight is 385 g/mol. The van der Waals surface area contributed by atoms with Gasteiger partial charge in [-0.25, -0.2) is 14.4 Å². The molecule has 1 N–H and O–H groups in total. The summed E-state index contributed by atoms with van der Waals surface area (Å²) in [7, 11) is 1.82. The van der Waals surface area contributed by atoms with Crippen molar-refractivity contribution >= 4 is 33.6 Å². The number of thiazole rings is 2. The van der Waals surface area contributed by atoms with Crippen LogP contribution in [0.3, 0.4) is 0 Å². The van der Waals surface area contributed by atoms with Crippen molar-refractivity contribution in [3.63, 3.8) is 0 Å². The zero-order valence-electron chi connectivity index (χ0n) is 13.5. The highest BCUT2D eigenvalue weighted by atomic mass is 32.1. The van der Waals surface area contributed by atoms with Gasteiger partial charge in [-0.1, -0.05) is 23.5 Å². The summed E-state index contributed by atoms with van der Waals surface area (Å²) in [5.74, 6) is -1.07. The second-order valence-corrected chi connectivity index (χ2v) is 7.26. The summed E-state index contributed by atoms with van der Waals surface area (Å²) in [6.45, 7) is 0. The zero-order valence-corrected chi connectivity index (χ0v) is 15.1. The minimum absolute atomic E-state index is 0.00552. The number of nitrogens with one attached hydrogen (secondary N) is 1. The van der Waals surface area contributed by atoms with Crippen LogP contribution in [0.4, 0.5) is 9.39 Å². The standard InChI is InChI=1S/C17H12FN5OS2/c1-23-13(8-12(22-23)16-19-6-7-25-16)17-20-9-14(26-17)21-15(24)10-4-2-3-5-11(10)18/h2-9H,1H3,(H,21,24). The van der Waals surface area contributed by atoms with Gasteiger partial charge >= 0.3 is 0 Å². The summed E-state index contributed by atoms with van der Waals surface area (Å²) in [5, 5.41) is 11.1. The number of anilines is 1. The summed E-state index contributed by atoms with van der Waals surface area (Å²) >= 11 is 2.81. The molecule has 1 amide bonds. The number of carbonyl (C=O) groups is 1. The lowest BCUT2D eigenvalue weighted by molar-refractivity contribution is 0.102. The fourth-order valence-corrected chi connectivity index (χ4v) is 3.85. The van der Waals surface area contributed by atoms with E-state index >= 15 is 0 Å². The molecule has 0 unspecified atom stereocenters. The summed E-state index contributed by atoms with van der Waals surface area (Å²) in [4.78, 5) is 20.8. The van der Waals surface area contributed by atoms with E-state index in [1.807, 2.05) is 18.5 Å². The minimum atomic E-state index is -0.561. The molecular formula is C17H12FN5OS2. The molecule has 0 atom stereocenters. The highest BCUT2D eigenvalue weighted by molar-refractivity contribution is 7.19. The maximum atomic E-state index is 13.7.